The Bertz CT molecular complexity index is 788. The topological polar surface area (TPSA) is 51.1 Å². The molecule has 0 spiro atoms. The smallest absolute Gasteiger partial charge is 0.263 e. The number of carbonyl (C=O) groups is 1. The van der Waals surface area contributed by atoms with Crippen LogP contribution in [0.1, 0.15) is 39.7 Å². The quantitative estimate of drug-likeness (QED) is 0.946. The number of anilines is 1. The van der Waals surface area contributed by atoms with E-state index in [-0.39, 0.29) is 17.0 Å². The van der Waals surface area contributed by atoms with Gasteiger partial charge >= 0.3 is 0 Å². The number of hydrogen-bond acceptors (Lipinski definition) is 2. The summed E-state index contributed by atoms with van der Waals surface area (Å²) in [6, 6.07) is 7.77. The summed E-state index contributed by atoms with van der Waals surface area (Å²) < 4.78 is 1.50. The molecule has 2 aromatic rings. The van der Waals surface area contributed by atoms with Crippen LogP contribution in [0.2, 0.25) is 0 Å². The van der Waals surface area contributed by atoms with Crippen LogP contribution in [0.3, 0.4) is 0 Å². The average Bonchev–Trinajstić information content (AvgIpc) is 2.47. The molecule has 4 heteroatoms. The number of amides is 1. The third-order valence-corrected chi connectivity index (χ3v) is 4.07. The molecule has 0 atom stereocenters. The van der Waals surface area contributed by atoms with Crippen molar-refractivity contribution in [2.45, 2.75) is 34.1 Å². The first kappa shape index (κ1) is 16.0. The van der Waals surface area contributed by atoms with E-state index in [0.29, 0.717) is 5.56 Å². The standard InChI is InChI=1S/C18H22N2O2/c1-6-14-9-7-8-11(2)16(14)19-17(21)15-12(3)10-13(4)20(5)18(15)22/h7-10H,6H2,1-5H3,(H,19,21). The van der Waals surface area contributed by atoms with Gasteiger partial charge in [0.15, 0.2) is 0 Å². The first-order valence-electron chi connectivity index (χ1n) is 7.43. The van der Waals surface area contributed by atoms with E-state index in [4.69, 9.17) is 0 Å². The van der Waals surface area contributed by atoms with Gasteiger partial charge in [-0.1, -0.05) is 25.1 Å². The second-order valence-corrected chi connectivity index (χ2v) is 5.62. The van der Waals surface area contributed by atoms with Crippen molar-refractivity contribution in [3.05, 3.63) is 62.6 Å². The number of benzene rings is 1. The van der Waals surface area contributed by atoms with E-state index < -0.39 is 0 Å². The number of aromatic nitrogens is 1. The molecule has 1 N–H and O–H groups in total. The molecule has 0 aliphatic carbocycles. The number of para-hydroxylation sites is 1. The number of nitrogens with zero attached hydrogens (tertiary/aromatic N) is 1. The molecule has 0 aliphatic heterocycles. The minimum Gasteiger partial charge on any atom is -0.321 e. The number of nitrogens with one attached hydrogen (secondary N) is 1. The van der Waals surface area contributed by atoms with Gasteiger partial charge in [0.2, 0.25) is 0 Å². The maximum Gasteiger partial charge on any atom is 0.263 e. The Morgan fingerprint density at radius 1 is 1.18 bits per heavy atom. The molecule has 0 saturated heterocycles. The first-order valence-corrected chi connectivity index (χ1v) is 7.43. The molecule has 1 aromatic carbocycles. The van der Waals surface area contributed by atoms with E-state index in [9.17, 15) is 9.59 Å². The molecule has 1 aromatic heterocycles. The number of hydrogen-bond donors (Lipinski definition) is 1. The van der Waals surface area contributed by atoms with Gasteiger partial charge in [-0.05, 0) is 49.9 Å². The third kappa shape index (κ3) is 2.82. The molecule has 0 bridgehead atoms. The molecular weight excluding hydrogens is 276 g/mol. The SMILES string of the molecule is CCc1cccc(C)c1NC(=O)c1c(C)cc(C)n(C)c1=O. The lowest BCUT2D eigenvalue weighted by molar-refractivity contribution is 0.102. The van der Waals surface area contributed by atoms with E-state index in [1.54, 1.807) is 14.0 Å². The Morgan fingerprint density at radius 3 is 2.50 bits per heavy atom. The highest BCUT2D eigenvalue weighted by Crippen LogP contribution is 2.22. The molecule has 22 heavy (non-hydrogen) atoms. The van der Waals surface area contributed by atoms with Crippen LogP contribution >= 0.6 is 0 Å². The minimum atomic E-state index is -0.345. The highest BCUT2D eigenvalue weighted by atomic mass is 16.2. The Morgan fingerprint density at radius 2 is 1.86 bits per heavy atom. The fourth-order valence-electron chi connectivity index (χ4n) is 2.63. The van der Waals surface area contributed by atoms with Crippen LogP contribution in [0.25, 0.3) is 0 Å². The molecule has 1 heterocycles. The summed E-state index contributed by atoms with van der Waals surface area (Å²) in [7, 11) is 1.68. The second kappa shape index (κ2) is 6.18. The number of pyridine rings is 1. The molecular formula is C18H22N2O2. The third-order valence-electron chi connectivity index (χ3n) is 4.07. The van der Waals surface area contributed by atoms with Crippen molar-refractivity contribution in [2.75, 3.05) is 5.32 Å². The largest absolute Gasteiger partial charge is 0.321 e. The Balaban J connectivity index is 2.48. The molecule has 4 nitrogen and oxygen atoms in total. The molecule has 0 aliphatic rings. The molecule has 2 rings (SSSR count). The van der Waals surface area contributed by atoms with Crippen molar-refractivity contribution >= 4 is 11.6 Å². The summed E-state index contributed by atoms with van der Waals surface area (Å²) in [6.45, 7) is 7.64. The molecule has 0 radical (unpaired) electrons. The summed E-state index contributed by atoms with van der Waals surface area (Å²) in [5, 5.41) is 2.92. The van der Waals surface area contributed by atoms with Gasteiger partial charge in [-0.25, -0.2) is 0 Å². The zero-order valence-electron chi connectivity index (χ0n) is 13.8. The lowest BCUT2D eigenvalue weighted by Gasteiger charge is -2.15. The molecule has 1 amide bonds. The predicted octanol–water partition coefficient (Wildman–Crippen LogP) is 3.13. The van der Waals surface area contributed by atoms with E-state index in [0.717, 1.165) is 28.9 Å². The summed E-state index contributed by atoms with van der Waals surface area (Å²) in [4.78, 5) is 25.0. The van der Waals surface area contributed by atoms with Gasteiger partial charge in [0.05, 0.1) is 0 Å². The van der Waals surface area contributed by atoms with Crippen LogP contribution < -0.4 is 10.9 Å². The number of carbonyl (C=O) groups excluding carboxylic acids is 1. The van der Waals surface area contributed by atoms with Crippen LogP contribution in [-0.2, 0) is 13.5 Å². The summed E-state index contributed by atoms with van der Waals surface area (Å²) in [5.41, 5.74) is 4.34. The van der Waals surface area contributed by atoms with Crippen molar-refractivity contribution in [1.29, 1.82) is 0 Å². The number of aryl methyl sites for hydroxylation is 4. The van der Waals surface area contributed by atoms with Crippen molar-refractivity contribution in [3.63, 3.8) is 0 Å². The minimum absolute atomic E-state index is 0.207. The zero-order chi connectivity index (χ0) is 16.4. The Kier molecular flexibility index (Phi) is 4.50. The van der Waals surface area contributed by atoms with Crippen LogP contribution in [0.4, 0.5) is 5.69 Å². The Labute approximate surface area is 130 Å². The van der Waals surface area contributed by atoms with Crippen LogP contribution in [-0.4, -0.2) is 10.5 Å². The van der Waals surface area contributed by atoms with Crippen LogP contribution in [0.15, 0.2) is 29.1 Å². The summed E-state index contributed by atoms with van der Waals surface area (Å²) in [5.74, 6) is -0.345. The lowest BCUT2D eigenvalue weighted by atomic mass is 10.0. The fraction of sp³-hybridized carbons (Fsp3) is 0.333. The van der Waals surface area contributed by atoms with E-state index in [1.165, 1.54) is 4.57 Å². The highest BCUT2D eigenvalue weighted by Gasteiger charge is 2.18. The second-order valence-electron chi connectivity index (χ2n) is 5.62. The van der Waals surface area contributed by atoms with Crippen LogP contribution in [0, 0.1) is 20.8 Å². The highest BCUT2D eigenvalue weighted by molar-refractivity contribution is 6.05. The van der Waals surface area contributed by atoms with Crippen molar-refractivity contribution in [2.24, 2.45) is 7.05 Å². The van der Waals surface area contributed by atoms with Gasteiger partial charge in [0, 0.05) is 18.4 Å². The fourth-order valence-corrected chi connectivity index (χ4v) is 2.63. The molecule has 0 saturated carbocycles. The van der Waals surface area contributed by atoms with Crippen molar-refractivity contribution in [1.82, 2.24) is 4.57 Å². The predicted molar refractivity (Wildman–Crippen MR) is 89.7 cm³/mol. The van der Waals surface area contributed by atoms with Gasteiger partial charge in [-0.2, -0.15) is 0 Å². The van der Waals surface area contributed by atoms with E-state index >= 15 is 0 Å². The lowest BCUT2D eigenvalue weighted by Crippen LogP contribution is -2.30. The molecule has 116 valence electrons. The van der Waals surface area contributed by atoms with Crippen molar-refractivity contribution < 1.29 is 4.79 Å². The van der Waals surface area contributed by atoms with Gasteiger partial charge in [-0.3, -0.25) is 9.59 Å². The summed E-state index contributed by atoms with van der Waals surface area (Å²) >= 11 is 0. The summed E-state index contributed by atoms with van der Waals surface area (Å²) in [6.07, 6.45) is 0.822. The Hall–Kier alpha value is -2.36. The van der Waals surface area contributed by atoms with E-state index in [2.05, 4.69) is 5.32 Å². The van der Waals surface area contributed by atoms with Gasteiger partial charge in [0.25, 0.3) is 11.5 Å². The first-order chi connectivity index (χ1) is 10.4. The normalized spacial score (nSPS) is 10.6. The van der Waals surface area contributed by atoms with Crippen LogP contribution in [0.5, 0.6) is 0 Å². The van der Waals surface area contributed by atoms with E-state index in [1.807, 2.05) is 45.0 Å². The molecule has 0 fully saturated rings. The maximum atomic E-state index is 12.6. The number of rotatable bonds is 3. The van der Waals surface area contributed by atoms with Gasteiger partial charge in [0.1, 0.15) is 5.56 Å². The zero-order valence-corrected chi connectivity index (χ0v) is 13.8. The van der Waals surface area contributed by atoms with Gasteiger partial charge in [-0.15, -0.1) is 0 Å². The molecule has 0 unspecified atom stereocenters. The van der Waals surface area contributed by atoms with Crippen molar-refractivity contribution in [3.8, 4) is 0 Å². The monoisotopic (exact) mass is 298 g/mol. The average molecular weight is 298 g/mol. The van der Waals surface area contributed by atoms with Gasteiger partial charge < -0.3 is 9.88 Å². The maximum absolute atomic E-state index is 12.6.